The molecule has 58 heavy (non-hydrogen) atoms. The van der Waals surface area contributed by atoms with Crippen LogP contribution in [0.25, 0.3) is 75.2 Å². The van der Waals surface area contributed by atoms with Gasteiger partial charge in [-0.25, -0.2) is 0 Å². The number of para-hydroxylation sites is 3. The average molecular weight is 777 g/mol. The minimum Gasteiger partial charge on any atom is -0.309 e. The lowest BCUT2D eigenvalue weighted by Crippen LogP contribution is -2.74. The first-order valence-corrected chi connectivity index (χ1v) is 22.4. The van der Waals surface area contributed by atoms with Crippen molar-refractivity contribution in [3.63, 3.8) is 0 Å². The maximum atomic E-state index is 9.56. The summed E-state index contributed by atoms with van der Waals surface area (Å²) in [5.41, 5.74) is 5.31. The van der Waals surface area contributed by atoms with Crippen LogP contribution in [0.3, 0.4) is 0 Å². The summed E-state index contributed by atoms with van der Waals surface area (Å²) in [6.45, 7) is 0. The Balaban J connectivity index is 1.22. The molecule has 3 aromatic heterocycles. The van der Waals surface area contributed by atoms with Crippen molar-refractivity contribution in [1.82, 2.24) is 9.13 Å². The maximum absolute atomic E-state index is 9.56. The number of rotatable bonds is 6. The predicted octanol–water partition coefficient (Wildman–Crippen LogP) is 11.6. The normalized spacial score (nSPS) is 13.1. The molecule has 9 aromatic carbocycles. The first-order valence-electron chi connectivity index (χ1n) is 21.6. The topological polar surface area (TPSA) is 9.86 Å². The molecular formula is C54H36N2SSi. The molecule has 0 aliphatic heterocycles. The Kier molecular flexibility index (Phi) is 6.58. The smallest absolute Gasteiger partial charge is 0.179 e. The molecule has 0 amide bonds. The van der Waals surface area contributed by atoms with E-state index in [9.17, 15) is 2.74 Å². The van der Waals surface area contributed by atoms with E-state index in [4.69, 9.17) is 2.74 Å². The molecule has 0 N–H and O–H groups in total. The van der Waals surface area contributed by atoms with E-state index in [1.165, 1.54) is 20.7 Å². The molecule has 2 nitrogen and oxygen atoms in total. The Morgan fingerprint density at radius 2 is 0.914 bits per heavy atom. The van der Waals surface area contributed by atoms with E-state index in [0.717, 1.165) is 64.3 Å². The van der Waals surface area contributed by atoms with Crippen molar-refractivity contribution in [3.05, 3.63) is 218 Å². The minimum atomic E-state index is -2.84. The molecule has 0 spiro atoms. The molecule has 0 aliphatic carbocycles. The van der Waals surface area contributed by atoms with Gasteiger partial charge in [-0.05, 0) is 63.2 Å². The van der Waals surface area contributed by atoms with E-state index in [0.29, 0.717) is 10.9 Å². The second kappa shape index (κ2) is 13.0. The number of fused-ring (bicyclic) bond motifs is 10. The highest BCUT2D eigenvalue weighted by Gasteiger charge is 2.41. The van der Waals surface area contributed by atoms with Crippen molar-refractivity contribution in [1.29, 1.82) is 0 Å². The van der Waals surface area contributed by atoms with Crippen molar-refractivity contribution >= 4 is 104 Å². The van der Waals surface area contributed by atoms with Crippen molar-refractivity contribution < 1.29 is 5.48 Å². The average Bonchev–Trinajstić information content (AvgIpc) is 4.00. The number of hydrogen-bond donors (Lipinski definition) is 0. The fourth-order valence-corrected chi connectivity index (χ4v) is 15.6. The number of hydrogen-bond acceptors (Lipinski definition) is 1. The molecule has 0 radical (unpaired) electrons. The van der Waals surface area contributed by atoms with Gasteiger partial charge in [0.25, 0.3) is 0 Å². The van der Waals surface area contributed by atoms with Crippen LogP contribution >= 0.6 is 11.3 Å². The zero-order valence-corrected chi connectivity index (χ0v) is 33.1. The Labute approximate surface area is 346 Å². The van der Waals surface area contributed by atoms with Gasteiger partial charge in [-0.2, -0.15) is 0 Å². The monoisotopic (exact) mass is 776 g/mol. The molecule has 4 heteroatoms. The van der Waals surface area contributed by atoms with E-state index in [1.54, 1.807) is 11.3 Å². The van der Waals surface area contributed by atoms with Gasteiger partial charge in [0.2, 0.25) is 0 Å². The Bertz CT molecular complexity index is 3580. The van der Waals surface area contributed by atoms with Gasteiger partial charge in [0.15, 0.2) is 8.07 Å². The van der Waals surface area contributed by atoms with Gasteiger partial charge in [-0.15, -0.1) is 11.3 Å². The number of nitrogens with zero attached hydrogens (tertiary/aromatic N) is 2. The van der Waals surface area contributed by atoms with E-state index < -0.39 is 8.07 Å². The largest absolute Gasteiger partial charge is 0.309 e. The van der Waals surface area contributed by atoms with Gasteiger partial charge in [0.1, 0.15) is 0 Å². The molecule has 0 unspecified atom stereocenters. The van der Waals surface area contributed by atoms with Crippen LogP contribution < -0.4 is 20.7 Å². The molecule has 0 aliphatic rings. The summed E-state index contributed by atoms with van der Waals surface area (Å²) in [6.07, 6.45) is 0. The Morgan fingerprint density at radius 1 is 0.414 bits per heavy atom. The molecule has 0 bridgehead atoms. The highest BCUT2D eigenvalue weighted by Crippen LogP contribution is 2.47. The third-order valence-electron chi connectivity index (χ3n) is 12.0. The van der Waals surface area contributed by atoms with Crippen molar-refractivity contribution in [2.24, 2.45) is 0 Å². The van der Waals surface area contributed by atoms with Crippen molar-refractivity contribution in [2.45, 2.75) is 0 Å². The van der Waals surface area contributed by atoms with Crippen molar-refractivity contribution in [3.8, 4) is 11.4 Å². The first-order chi connectivity index (χ1) is 30.5. The van der Waals surface area contributed by atoms with Gasteiger partial charge in [-0.1, -0.05) is 176 Å². The molecule has 0 saturated carbocycles. The SMILES string of the molecule is [2H]c1c([2H])c([2H])c2c(c1[2H])c1cc(-n3c4ccccc4c4ccccc43)c3sc4ccccc4c3c1n2-c1ccc([Si](c2ccccc2)(c2ccccc2)c2ccccc2)cc1. The molecule has 272 valence electrons. The third kappa shape index (κ3) is 4.70. The van der Waals surface area contributed by atoms with Crippen LogP contribution in [0.1, 0.15) is 5.48 Å². The lowest BCUT2D eigenvalue weighted by atomic mass is 10.1. The Morgan fingerprint density at radius 3 is 1.52 bits per heavy atom. The number of aromatic nitrogens is 2. The quantitative estimate of drug-likeness (QED) is 0.118. The molecule has 0 saturated heterocycles. The third-order valence-corrected chi connectivity index (χ3v) is 18.0. The van der Waals surface area contributed by atoms with E-state index in [2.05, 4.69) is 203 Å². The summed E-state index contributed by atoms with van der Waals surface area (Å²) < 4.78 is 43.7. The van der Waals surface area contributed by atoms with Crippen LogP contribution in [0.15, 0.2) is 218 Å². The van der Waals surface area contributed by atoms with E-state index in [-0.39, 0.29) is 24.2 Å². The number of benzene rings is 9. The van der Waals surface area contributed by atoms with E-state index in [1.807, 2.05) is 0 Å². The lowest BCUT2D eigenvalue weighted by molar-refractivity contribution is 1.18. The molecule has 3 heterocycles. The summed E-state index contributed by atoms with van der Waals surface area (Å²) in [5.74, 6) is 0. The highest BCUT2D eigenvalue weighted by molar-refractivity contribution is 7.26. The maximum Gasteiger partial charge on any atom is 0.179 e. The van der Waals surface area contributed by atoms with Gasteiger partial charge < -0.3 is 9.13 Å². The zero-order valence-electron chi connectivity index (χ0n) is 35.3. The molecule has 0 atom stereocenters. The Hall–Kier alpha value is -6.98. The van der Waals surface area contributed by atoms with Crippen LogP contribution in [0.2, 0.25) is 0 Å². The van der Waals surface area contributed by atoms with Crippen molar-refractivity contribution in [2.75, 3.05) is 0 Å². The second-order valence-electron chi connectivity index (χ2n) is 14.9. The fourth-order valence-electron chi connectivity index (χ4n) is 9.60. The molecular weight excluding hydrogens is 737 g/mol. The summed E-state index contributed by atoms with van der Waals surface area (Å²) in [4.78, 5) is 0. The first kappa shape index (κ1) is 29.3. The highest BCUT2D eigenvalue weighted by atomic mass is 32.1. The standard InChI is InChI=1S/C54H36N2SSi/c1-4-18-38(19-5-1)58(39-20-6-2-7-21-39,40-22-8-3-9-23-40)41-34-32-37(33-35-41)55-47-28-14-12-26-44(47)46-36-50(54-52(53(46)55)45-27-13-17-31-51(45)57-54)56-48-29-15-10-24-42(48)43-25-11-16-30-49(43)56/h1-36H/i12D,14D,26D,28D. The van der Waals surface area contributed by atoms with Crippen LogP contribution in [-0.2, 0) is 0 Å². The van der Waals surface area contributed by atoms with E-state index >= 15 is 0 Å². The summed E-state index contributed by atoms with van der Waals surface area (Å²) in [7, 11) is -2.84. The second-order valence-corrected chi connectivity index (χ2v) is 19.8. The van der Waals surface area contributed by atoms with Gasteiger partial charge in [0, 0.05) is 42.7 Å². The summed E-state index contributed by atoms with van der Waals surface area (Å²) in [5, 5.41) is 10.8. The van der Waals surface area contributed by atoms with Crippen LogP contribution in [0, 0.1) is 0 Å². The predicted molar refractivity (Wildman–Crippen MR) is 252 cm³/mol. The van der Waals surface area contributed by atoms with Crippen LogP contribution in [0.5, 0.6) is 0 Å². The van der Waals surface area contributed by atoms with Crippen LogP contribution in [-0.4, -0.2) is 17.2 Å². The number of thiophene rings is 1. The van der Waals surface area contributed by atoms with Gasteiger partial charge in [0.05, 0.1) is 37.9 Å². The summed E-state index contributed by atoms with van der Waals surface area (Å²) >= 11 is 1.75. The van der Waals surface area contributed by atoms with Gasteiger partial charge >= 0.3 is 0 Å². The van der Waals surface area contributed by atoms with Crippen LogP contribution in [0.4, 0.5) is 0 Å². The zero-order chi connectivity index (χ0) is 41.7. The molecule has 0 fully saturated rings. The lowest BCUT2D eigenvalue weighted by Gasteiger charge is -2.34. The molecule has 12 rings (SSSR count). The summed E-state index contributed by atoms with van der Waals surface area (Å²) in [6, 6.07) is 68.5. The molecule has 12 aromatic rings. The van der Waals surface area contributed by atoms with Gasteiger partial charge in [-0.3, -0.25) is 0 Å². The fraction of sp³-hybridized carbons (Fsp3) is 0. The minimum absolute atomic E-state index is 0.0444.